The Morgan fingerprint density at radius 2 is 2.00 bits per heavy atom. The summed E-state index contributed by atoms with van der Waals surface area (Å²) in [6.45, 7) is 2.60. The fraction of sp³-hybridized carbons (Fsp3) is 0.154. The number of hydrogen-bond acceptors (Lipinski definition) is 6. The molecule has 19 heavy (non-hydrogen) atoms. The first-order valence-corrected chi connectivity index (χ1v) is 5.94. The quantitative estimate of drug-likeness (QED) is 0.626. The first-order chi connectivity index (χ1) is 9.20. The van der Waals surface area contributed by atoms with Gasteiger partial charge in [-0.25, -0.2) is 20.8 Å². The highest BCUT2D eigenvalue weighted by Gasteiger charge is 2.05. The minimum absolute atomic E-state index is 0.502. The molecular weight excluding hydrogens is 240 g/mol. The molecule has 0 aliphatic heterocycles. The van der Waals surface area contributed by atoms with E-state index in [1.807, 2.05) is 25.1 Å². The van der Waals surface area contributed by atoms with Crippen LogP contribution in [0, 0.1) is 0 Å². The zero-order chi connectivity index (χ0) is 13.7. The number of pyridine rings is 1. The van der Waals surface area contributed by atoms with Gasteiger partial charge in [-0.05, 0) is 25.1 Å². The van der Waals surface area contributed by atoms with E-state index in [0.717, 1.165) is 0 Å². The average molecular weight is 256 g/mol. The van der Waals surface area contributed by atoms with Crippen LogP contribution in [0.3, 0.4) is 0 Å². The van der Waals surface area contributed by atoms with Gasteiger partial charge in [-0.2, -0.15) is 0 Å². The Labute approximate surface area is 111 Å². The number of rotatable bonds is 4. The summed E-state index contributed by atoms with van der Waals surface area (Å²) in [6, 6.07) is 7.28. The maximum absolute atomic E-state index is 5.95. The van der Waals surface area contributed by atoms with Gasteiger partial charge in [-0.3, -0.25) is 0 Å². The Hall–Kier alpha value is -2.47. The van der Waals surface area contributed by atoms with Crippen LogP contribution in [0.1, 0.15) is 12.6 Å². The number of hydrogen-bond donors (Lipinski definition) is 2. The van der Waals surface area contributed by atoms with E-state index in [-0.39, 0.29) is 0 Å². The maximum Gasteiger partial charge on any atom is 0.178 e. The normalized spacial score (nSPS) is 11.4. The summed E-state index contributed by atoms with van der Waals surface area (Å²) in [4.78, 5) is 12.7. The molecule has 2 aromatic heterocycles. The van der Waals surface area contributed by atoms with Crippen LogP contribution in [0.15, 0.2) is 42.9 Å². The minimum atomic E-state index is 0.502. The topological polar surface area (TPSA) is 94.0 Å². The summed E-state index contributed by atoms with van der Waals surface area (Å²) in [5, 5.41) is 1.50. The molecule has 0 spiro atoms. The van der Waals surface area contributed by atoms with E-state index in [1.54, 1.807) is 24.7 Å². The Morgan fingerprint density at radius 3 is 2.68 bits per heavy atom. The Balaban J connectivity index is 2.32. The number of nitrogens with zero attached hydrogens (tertiary/aromatic N) is 4. The van der Waals surface area contributed by atoms with Gasteiger partial charge in [0.05, 0.1) is 11.4 Å². The summed E-state index contributed by atoms with van der Waals surface area (Å²) in [6.07, 6.45) is 5.00. The van der Waals surface area contributed by atoms with Crippen molar-refractivity contribution < 1.29 is 0 Å². The van der Waals surface area contributed by atoms with E-state index in [1.165, 1.54) is 5.01 Å². The van der Waals surface area contributed by atoms with Gasteiger partial charge in [0.25, 0.3) is 0 Å². The third-order valence-electron chi connectivity index (χ3n) is 2.51. The fourth-order valence-electron chi connectivity index (χ4n) is 1.49. The molecule has 0 unspecified atom stereocenters. The standard InChI is InChI=1S/C13H16N6/c1-2-19(15)9-10(14)11-5-3-6-12(18-11)13-16-7-4-8-17-13/h3-9H,2,14-15H2,1H3/b10-9-. The molecule has 0 atom stereocenters. The van der Waals surface area contributed by atoms with E-state index >= 15 is 0 Å². The van der Waals surface area contributed by atoms with E-state index in [2.05, 4.69) is 15.0 Å². The van der Waals surface area contributed by atoms with Crippen LogP contribution in [0.25, 0.3) is 17.2 Å². The van der Waals surface area contributed by atoms with Crippen LogP contribution >= 0.6 is 0 Å². The Morgan fingerprint density at radius 1 is 1.26 bits per heavy atom. The molecule has 0 fully saturated rings. The van der Waals surface area contributed by atoms with Crippen LogP contribution in [-0.2, 0) is 0 Å². The van der Waals surface area contributed by atoms with E-state index in [9.17, 15) is 0 Å². The lowest BCUT2D eigenvalue weighted by atomic mass is 10.2. The van der Waals surface area contributed by atoms with Crippen molar-refractivity contribution in [2.24, 2.45) is 11.6 Å². The molecule has 2 heterocycles. The lowest BCUT2D eigenvalue weighted by Gasteiger charge is -2.11. The van der Waals surface area contributed by atoms with Crippen LogP contribution in [0.2, 0.25) is 0 Å². The molecule has 6 heteroatoms. The summed E-state index contributed by atoms with van der Waals surface area (Å²) < 4.78 is 0. The van der Waals surface area contributed by atoms with Gasteiger partial charge in [-0.15, -0.1) is 0 Å². The number of aromatic nitrogens is 3. The van der Waals surface area contributed by atoms with Gasteiger partial charge >= 0.3 is 0 Å². The van der Waals surface area contributed by atoms with E-state index < -0.39 is 0 Å². The molecule has 0 aliphatic rings. The van der Waals surface area contributed by atoms with Crippen molar-refractivity contribution in [3.8, 4) is 11.5 Å². The van der Waals surface area contributed by atoms with Crippen LogP contribution in [0.4, 0.5) is 0 Å². The molecule has 2 rings (SSSR count). The maximum atomic E-state index is 5.95. The Bertz CT molecular complexity index is 566. The molecule has 98 valence electrons. The van der Waals surface area contributed by atoms with Crippen molar-refractivity contribution in [3.63, 3.8) is 0 Å². The fourth-order valence-corrected chi connectivity index (χ4v) is 1.49. The first-order valence-electron chi connectivity index (χ1n) is 5.94. The van der Waals surface area contributed by atoms with Crippen molar-refractivity contribution in [1.82, 2.24) is 20.0 Å². The zero-order valence-corrected chi connectivity index (χ0v) is 10.7. The van der Waals surface area contributed by atoms with Crippen LogP contribution in [0.5, 0.6) is 0 Å². The molecule has 4 N–H and O–H groups in total. The predicted molar refractivity (Wildman–Crippen MR) is 74.0 cm³/mol. The molecule has 0 amide bonds. The molecule has 0 saturated carbocycles. The highest BCUT2D eigenvalue weighted by Crippen LogP contribution is 2.14. The van der Waals surface area contributed by atoms with Crippen LogP contribution < -0.4 is 11.6 Å². The highest BCUT2D eigenvalue weighted by atomic mass is 15.4. The molecule has 0 bridgehead atoms. The molecule has 0 aromatic carbocycles. The smallest absolute Gasteiger partial charge is 0.178 e. The molecule has 0 radical (unpaired) electrons. The molecule has 2 aromatic rings. The lowest BCUT2D eigenvalue weighted by molar-refractivity contribution is 0.418. The molecule has 0 saturated heterocycles. The predicted octanol–water partition coefficient (Wildman–Crippen LogP) is 0.991. The third kappa shape index (κ3) is 3.26. The molecule has 0 aliphatic carbocycles. The van der Waals surface area contributed by atoms with Gasteiger partial charge in [0.1, 0.15) is 5.69 Å². The van der Waals surface area contributed by atoms with Crippen molar-refractivity contribution in [1.29, 1.82) is 0 Å². The highest BCUT2D eigenvalue weighted by molar-refractivity contribution is 5.61. The molecular formula is C13H16N6. The number of nitrogens with two attached hydrogens (primary N) is 2. The number of hydrazine groups is 1. The SMILES string of the molecule is CCN(N)/C=C(\N)c1cccc(-c2ncccn2)n1. The summed E-state index contributed by atoms with van der Waals surface area (Å²) in [7, 11) is 0. The van der Waals surface area contributed by atoms with E-state index in [0.29, 0.717) is 29.5 Å². The zero-order valence-electron chi connectivity index (χ0n) is 10.7. The second-order valence-electron chi connectivity index (χ2n) is 3.90. The van der Waals surface area contributed by atoms with Crippen molar-refractivity contribution >= 4 is 5.70 Å². The minimum Gasteiger partial charge on any atom is -0.396 e. The van der Waals surface area contributed by atoms with Gasteiger partial charge in [0, 0.05) is 25.1 Å². The van der Waals surface area contributed by atoms with Crippen molar-refractivity contribution in [2.45, 2.75) is 6.92 Å². The van der Waals surface area contributed by atoms with Crippen molar-refractivity contribution in [3.05, 3.63) is 48.6 Å². The van der Waals surface area contributed by atoms with Crippen LogP contribution in [-0.4, -0.2) is 26.5 Å². The summed E-state index contributed by atoms with van der Waals surface area (Å²) in [5.41, 5.74) is 7.78. The first kappa shape index (κ1) is 13.0. The van der Waals surface area contributed by atoms with Gasteiger partial charge < -0.3 is 10.7 Å². The largest absolute Gasteiger partial charge is 0.396 e. The lowest BCUT2D eigenvalue weighted by Crippen LogP contribution is -2.25. The second-order valence-corrected chi connectivity index (χ2v) is 3.90. The Kier molecular flexibility index (Phi) is 4.04. The van der Waals surface area contributed by atoms with Gasteiger partial charge in [0.15, 0.2) is 5.82 Å². The van der Waals surface area contributed by atoms with Gasteiger partial charge in [0.2, 0.25) is 0 Å². The third-order valence-corrected chi connectivity index (χ3v) is 2.51. The van der Waals surface area contributed by atoms with Crippen molar-refractivity contribution in [2.75, 3.05) is 6.54 Å². The summed E-state index contributed by atoms with van der Waals surface area (Å²) in [5.74, 6) is 6.25. The average Bonchev–Trinajstić information content (AvgIpc) is 2.48. The second kappa shape index (κ2) is 5.92. The summed E-state index contributed by atoms with van der Waals surface area (Å²) >= 11 is 0. The monoisotopic (exact) mass is 256 g/mol. The molecule has 6 nitrogen and oxygen atoms in total. The van der Waals surface area contributed by atoms with Gasteiger partial charge in [-0.1, -0.05) is 6.07 Å². The van der Waals surface area contributed by atoms with E-state index in [4.69, 9.17) is 11.6 Å².